The van der Waals surface area contributed by atoms with Gasteiger partial charge in [-0.15, -0.1) is 0 Å². The molecule has 0 amide bonds. The molecule has 0 aromatic heterocycles. The van der Waals surface area contributed by atoms with Crippen LogP contribution in [0.5, 0.6) is 0 Å². The van der Waals surface area contributed by atoms with Gasteiger partial charge in [0.25, 0.3) is 0 Å². The summed E-state index contributed by atoms with van der Waals surface area (Å²) in [6.45, 7) is 7.55. The van der Waals surface area contributed by atoms with E-state index in [2.05, 4.69) is 35.9 Å². The predicted molar refractivity (Wildman–Crippen MR) is 54.6 cm³/mol. The van der Waals surface area contributed by atoms with Crippen molar-refractivity contribution >= 4 is 20.8 Å². The average molecular weight is 241 g/mol. The third-order valence-corrected chi connectivity index (χ3v) is 8.28. The average Bonchev–Trinajstić information content (AvgIpc) is 2.05. The van der Waals surface area contributed by atoms with E-state index in [0.717, 1.165) is 6.61 Å². The summed E-state index contributed by atoms with van der Waals surface area (Å²) < 4.78 is 5.82. The van der Waals surface area contributed by atoms with Crippen LogP contribution < -0.4 is 0 Å². The molecule has 0 aromatic rings. The Morgan fingerprint density at radius 2 is 1.73 bits per heavy atom. The molecule has 0 saturated heterocycles. The maximum absolute atomic E-state index is 5.82. The van der Waals surface area contributed by atoms with Gasteiger partial charge in [0.2, 0.25) is 0 Å². The molecule has 11 heavy (non-hydrogen) atoms. The standard InChI is InChI=1S/C8H19OPSe/c1-4-7-8-9-10(11,5-2)6-3/h4-8H2,1-3H3. The first kappa shape index (κ1) is 11.9. The van der Waals surface area contributed by atoms with Crippen LogP contribution in [0.2, 0.25) is 0 Å². The summed E-state index contributed by atoms with van der Waals surface area (Å²) in [4.78, 5) is 0. The van der Waals surface area contributed by atoms with Crippen molar-refractivity contribution in [2.45, 2.75) is 33.6 Å². The van der Waals surface area contributed by atoms with E-state index in [1.54, 1.807) is 0 Å². The van der Waals surface area contributed by atoms with Crippen molar-refractivity contribution in [2.75, 3.05) is 18.9 Å². The van der Waals surface area contributed by atoms with Crippen molar-refractivity contribution in [3.63, 3.8) is 0 Å². The fourth-order valence-electron chi connectivity index (χ4n) is 0.781. The molecule has 0 aliphatic rings. The Balaban J connectivity index is 3.61. The molecule has 1 nitrogen and oxygen atoms in total. The molecule has 0 fully saturated rings. The van der Waals surface area contributed by atoms with Gasteiger partial charge < -0.3 is 0 Å². The second-order valence-electron chi connectivity index (χ2n) is 2.63. The third-order valence-electron chi connectivity index (χ3n) is 1.79. The first-order chi connectivity index (χ1) is 5.18. The van der Waals surface area contributed by atoms with E-state index >= 15 is 0 Å². The van der Waals surface area contributed by atoms with E-state index < -0.39 is 5.74 Å². The first-order valence-electron chi connectivity index (χ1n) is 4.41. The molecule has 0 radical (unpaired) electrons. The molecule has 3 heteroatoms. The molecule has 0 heterocycles. The van der Waals surface area contributed by atoms with Crippen LogP contribution in [0.1, 0.15) is 33.6 Å². The zero-order valence-corrected chi connectivity index (χ0v) is 10.4. The van der Waals surface area contributed by atoms with Crippen molar-refractivity contribution in [1.29, 1.82) is 0 Å². The Kier molecular flexibility index (Phi) is 6.96. The molecule has 0 aliphatic carbocycles. The minimum absolute atomic E-state index is 0.943. The van der Waals surface area contributed by atoms with Gasteiger partial charge in [0.05, 0.1) is 0 Å². The predicted octanol–water partition coefficient (Wildman–Crippen LogP) is 2.86. The zero-order chi connectivity index (χ0) is 8.74. The summed E-state index contributed by atoms with van der Waals surface area (Å²) >= 11 is 3.24. The number of hydrogen-bond donors (Lipinski definition) is 0. The van der Waals surface area contributed by atoms with E-state index in [1.807, 2.05) is 0 Å². The van der Waals surface area contributed by atoms with Crippen molar-refractivity contribution in [2.24, 2.45) is 0 Å². The van der Waals surface area contributed by atoms with Crippen LogP contribution in [-0.2, 0) is 4.52 Å². The van der Waals surface area contributed by atoms with Crippen LogP contribution in [0.25, 0.3) is 0 Å². The van der Waals surface area contributed by atoms with Gasteiger partial charge in [-0.25, -0.2) is 0 Å². The molecule has 0 rings (SSSR count). The Bertz CT molecular complexity index is 128. The molecule has 0 aromatic carbocycles. The second-order valence-corrected chi connectivity index (χ2v) is 9.97. The Labute approximate surface area is 78.2 Å². The molecule has 0 aliphatic heterocycles. The van der Waals surface area contributed by atoms with Gasteiger partial charge in [0, 0.05) is 0 Å². The molecule has 0 bridgehead atoms. The van der Waals surface area contributed by atoms with Gasteiger partial charge in [-0.05, 0) is 0 Å². The Morgan fingerprint density at radius 1 is 1.18 bits per heavy atom. The van der Waals surface area contributed by atoms with Gasteiger partial charge in [-0.1, -0.05) is 0 Å². The van der Waals surface area contributed by atoms with E-state index in [1.165, 1.54) is 25.2 Å². The summed E-state index contributed by atoms with van der Waals surface area (Å²) in [5.74, 6) is 0. The van der Waals surface area contributed by atoms with Crippen LogP contribution in [-0.4, -0.2) is 34.0 Å². The number of unbranched alkanes of at least 4 members (excludes halogenated alkanes) is 1. The van der Waals surface area contributed by atoms with Crippen molar-refractivity contribution in [3.8, 4) is 0 Å². The van der Waals surface area contributed by atoms with Crippen molar-refractivity contribution < 1.29 is 4.52 Å². The number of hydrogen-bond acceptors (Lipinski definition) is 1. The van der Waals surface area contributed by atoms with Gasteiger partial charge in [0.1, 0.15) is 0 Å². The van der Waals surface area contributed by atoms with Crippen LogP contribution in [0.4, 0.5) is 0 Å². The van der Waals surface area contributed by atoms with Crippen LogP contribution in [0.15, 0.2) is 0 Å². The Morgan fingerprint density at radius 3 is 2.09 bits per heavy atom. The van der Waals surface area contributed by atoms with Gasteiger partial charge >= 0.3 is 77.9 Å². The van der Waals surface area contributed by atoms with Gasteiger partial charge in [0.15, 0.2) is 0 Å². The molecule has 0 unspecified atom stereocenters. The Hall–Kier alpha value is 0.909. The third kappa shape index (κ3) is 5.20. The number of rotatable bonds is 6. The monoisotopic (exact) mass is 242 g/mol. The van der Waals surface area contributed by atoms with E-state index in [-0.39, 0.29) is 0 Å². The molecule has 0 saturated carbocycles. The summed E-state index contributed by atoms with van der Waals surface area (Å²) in [6.07, 6.45) is 4.78. The summed E-state index contributed by atoms with van der Waals surface area (Å²) in [6, 6.07) is 0. The maximum atomic E-state index is 5.82. The quantitative estimate of drug-likeness (QED) is 0.394. The molecule has 0 spiro atoms. The summed E-state index contributed by atoms with van der Waals surface area (Å²) in [5.41, 5.74) is -1.09. The fourth-order valence-corrected chi connectivity index (χ4v) is 2.52. The van der Waals surface area contributed by atoms with E-state index in [9.17, 15) is 0 Å². The molecular weight excluding hydrogens is 222 g/mol. The van der Waals surface area contributed by atoms with Crippen LogP contribution >= 0.6 is 5.74 Å². The molecular formula is C8H19OPSe. The topological polar surface area (TPSA) is 9.23 Å². The summed E-state index contributed by atoms with van der Waals surface area (Å²) in [7, 11) is 0. The fraction of sp³-hybridized carbons (Fsp3) is 1.00. The minimum atomic E-state index is -1.09. The van der Waals surface area contributed by atoms with Crippen molar-refractivity contribution in [3.05, 3.63) is 0 Å². The second kappa shape index (κ2) is 6.43. The van der Waals surface area contributed by atoms with Crippen molar-refractivity contribution in [1.82, 2.24) is 0 Å². The SMILES string of the molecule is CCCCOP(=[Se])(CC)CC. The van der Waals surface area contributed by atoms with Gasteiger partial charge in [-0.2, -0.15) is 0 Å². The normalized spacial score (nSPS) is 11.9. The first-order valence-corrected chi connectivity index (χ1v) is 8.70. The molecule has 68 valence electrons. The van der Waals surface area contributed by atoms with Crippen LogP contribution in [0.3, 0.4) is 0 Å². The van der Waals surface area contributed by atoms with E-state index in [0.29, 0.717) is 0 Å². The van der Waals surface area contributed by atoms with Gasteiger partial charge in [-0.3, -0.25) is 0 Å². The van der Waals surface area contributed by atoms with Crippen LogP contribution in [0, 0.1) is 0 Å². The zero-order valence-electron chi connectivity index (χ0n) is 7.80. The summed E-state index contributed by atoms with van der Waals surface area (Å²) in [5, 5.41) is 0. The molecule has 0 atom stereocenters. The molecule has 0 N–H and O–H groups in total. The van der Waals surface area contributed by atoms with E-state index in [4.69, 9.17) is 4.52 Å².